The van der Waals surface area contributed by atoms with E-state index in [0.29, 0.717) is 23.2 Å². The van der Waals surface area contributed by atoms with Crippen LogP contribution in [-0.2, 0) is 9.59 Å². The lowest BCUT2D eigenvalue weighted by Crippen LogP contribution is -2.56. The molecule has 8 nitrogen and oxygen atoms in total. The van der Waals surface area contributed by atoms with E-state index in [2.05, 4.69) is 21.2 Å². The number of carboxylic acids is 1. The highest BCUT2D eigenvalue weighted by atomic mass is 79.9. The molecular weight excluding hydrogens is 346 g/mol. The van der Waals surface area contributed by atoms with Gasteiger partial charge in [-0.2, -0.15) is 0 Å². The Hall–Kier alpha value is -2.16. The van der Waals surface area contributed by atoms with E-state index in [1.165, 1.54) is 18.2 Å². The zero-order chi connectivity index (χ0) is 15.6. The molecule has 1 heterocycles. The SMILES string of the molecule is O=C(O)CC1C(=O)NCCN1c1ccc([N+](=O)[O-])cc1Br. The standard InChI is InChI=1S/C12H12BrN3O5/c13-8-5-7(16(20)21)1-2-9(8)15-4-3-14-12(19)10(15)6-11(17)18/h1-2,5,10H,3-4,6H2,(H,14,19)(H,17,18). The maximum atomic E-state index is 11.9. The molecular formula is C12H12BrN3O5. The van der Waals surface area contributed by atoms with Crippen molar-refractivity contribution in [2.45, 2.75) is 12.5 Å². The van der Waals surface area contributed by atoms with E-state index in [9.17, 15) is 19.7 Å². The molecule has 1 unspecified atom stereocenters. The molecule has 1 aliphatic rings. The second-order valence-electron chi connectivity index (χ2n) is 4.49. The number of carboxylic acid groups (broad SMARTS) is 1. The first-order chi connectivity index (χ1) is 9.90. The summed E-state index contributed by atoms with van der Waals surface area (Å²) in [6, 6.07) is 3.33. The fourth-order valence-corrected chi connectivity index (χ4v) is 2.81. The Bertz CT molecular complexity index is 607. The molecule has 1 amide bonds. The van der Waals surface area contributed by atoms with Crippen molar-refractivity contribution < 1.29 is 19.6 Å². The first-order valence-corrected chi connectivity index (χ1v) is 6.89. The molecule has 2 rings (SSSR count). The minimum atomic E-state index is -1.08. The fraction of sp³-hybridized carbons (Fsp3) is 0.333. The molecule has 0 aliphatic carbocycles. The van der Waals surface area contributed by atoms with Crippen LogP contribution in [-0.4, -0.2) is 41.0 Å². The van der Waals surface area contributed by atoms with Gasteiger partial charge in [-0.15, -0.1) is 0 Å². The van der Waals surface area contributed by atoms with E-state index in [1.807, 2.05) is 0 Å². The van der Waals surface area contributed by atoms with Gasteiger partial charge < -0.3 is 15.3 Å². The zero-order valence-electron chi connectivity index (χ0n) is 10.8. The Balaban J connectivity index is 2.35. The third-order valence-corrected chi connectivity index (χ3v) is 3.79. The number of hydrogen-bond acceptors (Lipinski definition) is 5. The number of rotatable bonds is 4. The number of aliphatic carboxylic acids is 1. The van der Waals surface area contributed by atoms with Gasteiger partial charge in [0.05, 0.1) is 17.0 Å². The van der Waals surface area contributed by atoms with Gasteiger partial charge >= 0.3 is 5.97 Å². The van der Waals surface area contributed by atoms with Crippen LogP contribution in [0.25, 0.3) is 0 Å². The minimum absolute atomic E-state index is 0.0816. The summed E-state index contributed by atoms with van der Waals surface area (Å²) in [5.74, 6) is -1.45. The lowest BCUT2D eigenvalue weighted by Gasteiger charge is -2.36. The summed E-state index contributed by atoms with van der Waals surface area (Å²) in [5, 5.41) is 22.3. The Morgan fingerprint density at radius 3 is 2.86 bits per heavy atom. The van der Waals surface area contributed by atoms with Crippen molar-refractivity contribution in [1.82, 2.24) is 5.32 Å². The number of halogens is 1. The van der Waals surface area contributed by atoms with Crippen LogP contribution in [0.4, 0.5) is 11.4 Å². The summed E-state index contributed by atoms with van der Waals surface area (Å²) in [6.07, 6.45) is -0.338. The highest BCUT2D eigenvalue weighted by molar-refractivity contribution is 9.10. The predicted molar refractivity (Wildman–Crippen MR) is 77.2 cm³/mol. The number of anilines is 1. The Labute approximate surface area is 128 Å². The minimum Gasteiger partial charge on any atom is -0.481 e. The quantitative estimate of drug-likeness (QED) is 0.617. The van der Waals surface area contributed by atoms with Gasteiger partial charge in [0.25, 0.3) is 5.69 Å². The summed E-state index contributed by atoms with van der Waals surface area (Å²) in [5.41, 5.74) is 0.476. The average molecular weight is 358 g/mol. The van der Waals surface area contributed by atoms with Gasteiger partial charge in [-0.05, 0) is 22.0 Å². The fourth-order valence-electron chi connectivity index (χ4n) is 2.21. The van der Waals surface area contributed by atoms with Crippen LogP contribution >= 0.6 is 15.9 Å². The normalized spacial score (nSPS) is 18.2. The first kappa shape index (κ1) is 15.2. The molecule has 1 saturated heterocycles. The Kier molecular flexibility index (Phi) is 4.41. The second kappa shape index (κ2) is 6.08. The van der Waals surface area contributed by atoms with E-state index in [0.717, 1.165) is 0 Å². The maximum absolute atomic E-state index is 11.9. The predicted octanol–water partition coefficient (Wildman–Crippen LogP) is 1.14. The number of non-ortho nitro benzene ring substituents is 1. The summed E-state index contributed by atoms with van der Waals surface area (Å²) in [6.45, 7) is 0.818. The largest absolute Gasteiger partial charge is 0.481 e. The molecule has 21 heavy (non-hydrogen) atoms. The van der Waals surface area contributed by atoms with Gasteiger partial charge in [-0.3, -0.25) is 19.7 Å². The molecule has 0 aromatic heterocycles. The average Bonchev–Trinajstić information content (AvgIpc) is 2.41. The smallest absolute Gasteiger partial charge is 0.305 e. The molecule has 0 radical (unpaired) electrons. The van der Waals surface area contributed by atoms with Crippen LogP contribution in [0.1, 0.15) is 6.42 Å². The third kappa shape index (κ3) is 3.30. The number of carbonyl (C=O) groups excluding carboxylic acids is 1. The molecule has 1 fully saturated rings. The van der Waals surface area contributed by atoms with Gasteiger partial charge in [-0.25, -0.2) is 0 Å². The summed E-state index contributed by atoms with van der Waals surface area (Å²) >= 11 is 3.24. The first-order valence-electron chi connectivity index (χ1n) is 6.10. The van der Waals surface area contributed by atoms with Gasteiger partial charge in [0.2, 0.25) is 5.91 Å². The summed E-state index contributed by atoms with van der Waals surface area (Å²) in [7, 11) is 0. The van der Waals surface area contributed by atoms with Crippen molar-refractivity contribution >= 4 is 39.2 Å². The lowest BCUT2D eigenvalue weighted by atomic mass is 10.1. The summed E-state index contributed by atoms with van der Waals surface area (Å²) < 4.78 is 0.446. The Morgan fingerprint density at radius 1 is 1.57 bits per heavy atom. The van der Waals surface area contributed by atoms with Crippen LogP contribution < -0.4 is 10.2 Å². The molecule has 1 aliphatic heterocycles. The van der Waals surface area contributed by atoms with Crippen molar-refractivity contribution in [3.63, 3.8) is 0 Å². The molecule has 1 aromatic carbocycles. The van der Waals surface area contributed by atoms with Crippen LogP contribution in [0.5, 0.6) is 0 Å². The van der Waals surface area contributed by atoms with Gasteiger partial charge in [-0.1, -0.05) is 0 Å². The number of piperazine rings is 1. The number of nitrogens with one attached hydrogen (secondary N) is 1. The van der Waals surface area contributed by atoms with Gasteiger partial charge in [0.1, 0.15) is 6.04 Å². The molecule has 0 bridgehead atoms. The highest BCUT2D eigenvalue weighted by Gasteiger charge is 2.33. The number of carbonyl (C=O) groups is 2. The van der Waals surface area contributed by atoms with Crippen molar-refractivity contribution in [3.8, 4) is 0 Å². The number of nitro benzene ring substituents is 1. The van der Waals surface area contributed by atoms with E-state index in [4.69, 9.17) is 5.11 Å². The molecule has 112 valence electrons. The summed E-state index contributed by atoms with van der Waals surface area (Å²) in [4.78, 5) is 34.6. The molecule has 9 heteroatoms. The van der Waals surface area contributed by atoms with Crippen molar-refractivity contribution in [2.24, 2.45) is 0 Å². The topological polar surface area (TPSA) is 113 Å². The third-order valence-electron chi connectivity index (χ3n) is 3.15. The van der Waals surface area contributed by atoms with Crippen LogP contribution in [0, 0.1) is 10.1 Å². The van der Waals surface area contributed by atoms with Gasteiger partial charge in [0, 0.05) is 29.7 Å². The van der Waals surface area contributed by atoms with E-state index in [-0.39, 0.29) is 18.0 Å². The number of benzene rings is 1. The monoisotopic (exact) mass is 357 g/mol. The highest BCUT2D eigenvalue weighted by Crippen LogP contribution is 2.32. The van der Waals surface area contributed by atoms with Gasteiger partial charge in [0.15, 0.2) is 0 Å². The number of nitro groups is 1. The zero-order valence-corrected chi connectivity index (χ0v) is 12.4. The Morgan fingerprint density at radius 2 is 2.29 bits per heavy atom. The van der Waals surface area contributed by atoms with E-state index in [1.54, 1.807) is 4.90 Å². The molecule has 0 saturated carbocycles. The maximum Gasteiger partial charge on any atom is 0.305 e. The number of amides is 1. The number of nitrogens with zero attached hydrogens (tertiary/aromatic N) is 2. The van der Waals surface area contributed by atoms with E-state index < -0.39 is 16.9 Å². The molecule has 1 aromatic rings. The van der Waals surface area contributed by atoms with Crippen LogP contribution in [0.3, 0.4) is 0 Å². The van der Waals surface area contributed by atoms with Crippen molar-refractivity contribution in [2.75, 3.05) is 18.0 Å². The van der Waals surface area contributed by atoms with Crippen LogP contribution in [0.15, 0.2) is 22.7 Å². The lowest BCUT2D eigenvalue weighted by molar-refractivity contribution is -0.384. The van der Waals surface area contributed by atoms with Crippen molar-refractivity contribution in [1.29, 1.82) is 0 Å². The van der Waals surface area contributed by atoms with E-state index >= 15 is 0 Å². The molecule has 0 spiro atoms. The van der Waals surface area contributed by atoms with Crippen LogP contribution in [0.2, 0.25) is 0 Å². The molecule has 2 N–H and O–H groups in total. The van der Waals surface area contributed by atoms with Crippen molar-refractivity contribution in [3.05, 3.63) is 32.8 Å². The second-order valence-corrected chi connectivity index (χ2v) is 5.35. The number of hydrogen-bond donors (Lipinski definition) is 2. The molecule has 1 atom stereocenters.